The molecule has 0 unspecified atom stereocenters. The van der Waals surface area contributed by atoms with Gasteiger partial charge in [-0.1, -0.05) is 18.2 Å². The van der Waals surface area contributed by atoms with Gasteiger partial charge in [0.05, 0.1) is 12.2 Å². The maximum atomic E-state index is 13.1. The second-order valence-electron chi connectivity index (χ2n) is 6.86. The minimum absolute atomic E-state index is 0.0662. The maximum absolute atomic E-state index is 13.1. The number of halogens is 3. The molecule has 0 aliphatic carbocycles. The third kappa shape index (κ3) is 4.48. The molecule has 0 radical (unpaired) electrons. The SMILES string of the molecule is CN(C)c1cc(NC(=O)CCc2cccc3c2B(O)OC3)cc(C(F)(F)F)c1. The summed E-state index contributed by atoms with van der Waals surface area (Å²) in [4.78, 5) is 13.9. The van der Waals surface area contributed by atoms with Crippen LogP contribution in [0.15, 0.2) is 36.4 Å². The fourth-order valence-electron chi connectivity index (χ4n) is 3.16. The van der Waals surface area contributed by atoms with E-state index in [2.05, 4.69) is 5.32 Å². The predicted molar refractivity (Wildman–Crippen MR) is 102 cm³/mol. The zero-order valence-electron chi connectivity index (χ0n) is 15.5. The lowest BCUT2D eigenvalue weighted by Gasteiger charge is -2.18. The van der Waals surface area contributed by atoms with Gasteiger partial charge >= 0.3 is 13.3 Å². The molecule has 2 aromatic carbocycles. The van der Waals surface area contributed by atoms with Gasteiger partial charge in [0.25, 0.3) is 0 Å². The highest BCUT2D eigenvalue weighted by Crippen LogP contribution is 2.34. The number of alkyl halides is 3. The van der Waals surface area contributed by atoms with Crippen molar-refractivity contribution in [3.63, 3.8) is 0 Å². The number of benzene rings is 2. The van der Waals surface area contributed by atoms with Gasteiger partial charge in [-0.05, 0) is 41.2 Å². The lowest BCUT2D eigenvalue weighted by Crippen LogP contribution is -2.31. The lowest BCUT2D eigenvalue weighted by atomic mass is 9.75. The van der Waals surface area contributed by atoms with Crippen molar-refractivity contribution in [3.8, 4) is 0 Å². The smallest absolute Gasteiger partial charge is 0.423 e. The maximum Gasteiger partial charge on any atom is 0.492 e. The number of rotatable bonds is 5. The largest absolute Gasteiger partial charge is 0.492 e. The molecule has 0 saturated heterocycles. The second-order valence-corrected chi connectivity index (χ2v) is 6.86. The number of carbonyl (C=O) groups excluding carboxylic acids is 1. The number of aryl methyl sites for hydroxylation is 1. The molecule has 1 aliphatic rings. The first-order chi connectivity index (χ1) is 13.1. The summed E-state index contributed by atoms with van der Waals surface area (Å²) in [7, 11) is 2.25. The van der Waals surface area contributed by atoms with Crippen molar-refractivity contribution in [1.29, 1.82) is 0 Å². The van der Waals surface area contributed by atoms with Gasteiger partial charge in [-0.3, -0.25) is 4.79 Å². The molecular weight excluding hydrogens is 372 g/mol. The molecule has 0 fully saturated rings. The molecular formula is C19H20BF3N2O3. The first-order valence-corrected chi connectivity index (χ1v) is 8.75. The van der Waals surface area contributed by atoms with Gasteiger partial charge in [0, 0.05) is 31.9 Å². The molecule has 1 amide bonds. The third-order valence-corrected chi connectivity index (χ3v) is 4.60. The van der Waals surface area contributed by atoms with E-state index in [1.54, 1.807) is 25.1 Å². The van der Waals surface area contributed by atoms with Crippen molar-refractivity contribution < 1.29 is 27.6 Å². The fraction of sp³-hybridized carbons (Fsp3) is 0.316. The van der Waals surface area contributed by atoms with Crippen LogP contribution in [0.25, 0.3) is 0 Å². The Morgan fingerprint density at radius 3 is 2.71 bits per heavy atom. The van der Waals surface area contributed by atoms with Crippen LogP contribution in [0.3, 0.4) is 0 Å². The van der Waals surface area contributed by atoms with E-state index >= 15 is 0 Å². The molecule has 0 saturated carbocycles. The van der Waals surface area contributed by atoms with Crippen molar-refractivity contribution >= 4 is 29.9 Å². The summed E-state index contributed by atoms with van der Waals surface area (Å²) in [5.74, 6) is -0.407. The van der Waals surface area contributed by atoms with Gasteiger partial charge in [-0.25, -0.2) is 0 Å². The van der Waals surface area contributed by atoms with Crippen LogP contribution in [-0.4, -0.2) is 32.1 Å². The predicted octanol–water partition coefficient (Wildman–Crippen LogP) is 2.56. The molecule has 0 bridgehead atoms. The Morgan fingerprint density at radius 2 is 2.04 bits per heavy atom. The van der Waals surface area contributed by atoms with E-state index in [0.717, 1.165) is 23.3 Å². The van der Waals surface area contributed by atoms with Crippen molar-refractivity contribution in [1.82, 2.24) is 0 Å². The number of nitrogens with zero attached hydrogens (tertiary/aromatic N) is 1. The third-order valence-electron chi connectivity index (χ3n) is 4.60. The average Bonchev–Trinajstić information content (AvgIpc) is 3.01. The number of hydrogen-bond acceptors (Lipinski definition) is 4. The van der Waals surface area contributed by atoms with Gasteiger partial charge in [0.1, 0.15) is 0 Å². The zero-order valence-corrected chi connectivity index (χ0v) is 15.5. The quantitative estimate of drug-likeness (QED) is 0.768. The van der Waals surface area contributed by atoms with E-state index in [4.69, 9.17) is 4.65 Å². The van der Waals surface area contributed by atoms with Gasteiger partial charge in [-0.15, -0.1) is 0 Å². The summed E-state index contributed by atoms with van der Waals surface area (Å²) in [6, 6.07) is 8.92. The van der Waals surface area contributed by atoms with E-state index in [0.29, 0.717) is 24.2 Å². The van der Waals surface area contributed by atoms with Gasteiger partial charge < -0.3 is 19.9 Å². The van der Waals surface area contributed by atoms with Crippen molar-refractivity contribution in [3.05, 3.63) is 53.1 Å². The summed E-state index contributed by atoms with van der Waals surface area (Å²) in [6.07, 6.45) is -4.10. The van der Waals surface area contributed by atoms with E-state index in [1.165, 1.54) is 6.07 Å². The van der Waals surface area contributed by atoms with Crippen LogP contribution < -0.4 is 15.7 Å². The molecule has 0 spiro atoms. The molecule has 0 atom stereocenters. The highest BCUT2D eigenvalue weighted by Gasteiger charge is 2.32. The van der Waals surface area contributed by atoms with E-state index in [1.807, 2.05) is 12.1 Å². The highest BCUT2D eigenvalue weighted by atomic mass is 19.4. The highest BCUT2D eigenvalue weighted by molar-refractivity contribution is 6.62. The Morgan fingerprint density at radius 1 is 1.29 bits per heavy atom. The number of hydrogen-bond donors (Lipinski definition) is 2. The van der Waals surface area contributed by atoms with Gasteiger partial charge in [-0.2, -0.15) is 13.2 Å². The molecule has 1 heterocycles. The molecule has 9 heteroatoms. The Labute approximate surface area is 161 Å². The Hall–Kier alpha value is -2.52. The summed E-state index contributed by atoms with van der Waals surface area (Å²) in [5.41, 5.74) is 1.94. The van der Waals surface area contributed by atoms with Crippen LogP contribution in [0.2, 0.25) is 0 Å². The number of nitrogens with one attached hydrogen (secondary N) is 1. The molecule has 2 aromatic rings. The van der Waals surface area contributed by atoms with E-state index in [9.17, 15) is 23.0 Å². The van der Waals surface area contributed by atoms with Gasteiger partial charge in [0.2, 0.25) is 5.91 Å². The molecule has 148 valence electrons. The summed E-state index contributed by atoms with van der Waals surface area (Å²) >= 11 is 0. The second kappa shape index (κ2) is 7.85. The topological polar surface area (TPSA) is 61.8 Å². The molecule has 5 nitrogen and oxygen atoms in total. The molecule has 3 rings (SSSR count). The van der Waals surface area contributed by atoms with Crippen LogP contribution >= 0.6 is 0 Å². The fourth-order valence-corrected chi connectivity index (χ4v) is 3.16. The molecule has 1 aliphatic heterocycles. The lowest BCUT2D eigenvalue weighted by molar-refractivity contribution is -0.137. The van der Waals surface area contributed by atoms with Crippen LogP contribution in [-0.2, 0) is 28.7 Å². The Kier molecular flexibility index (Phi) is 5.67. The van der Waals surface area contributed by atoms with Crippen LogP contribution in [0.5, 0.6) is 0 Å². The molecule has 0 aromatic heterocycles. The normalized spacial score (nSPS) is 13.4. The monoisotopic (exact) mass is 392 g/mol. The van der Waals surface area contributed by atoms with Crippen molar-refractivity contribution in [2.75, 3.05) is 24.3 Å². The summed E-state index contributed by atoms with van der Waals surface area (Å²) in [6.45, 7) is 0.314. The summed E-state index contributed by atoms with van der Waals surface area (Å²) < 4.78 is 44.5. The van der Waals surface area contributed by atoms with Crippen LogP contribution in [0.1, 0.15) is 23.1 Å². The first-order valence-electron chi connectivity index (χ1n) is 8.75. The number of fused-ring (bicyclic) bond motifs is 1. The Bertz CT molecular complexity index is 887. The molecule has 2 N–H and O–H groups in total. The van der Waals surface area contributed by atoms with E-state index < -0.39 is 24.8 Å². The first kappa shape index (κ1) is 20.2. The molecule has 28 heavy (non-hydrogen) atoms. The summed E-state index contributed by atoms with van der Waals surface area (Å²) in [5, 5.41) is 12.5. The average molecular weight is 392 g/mol. The van der Waals surface area contributed by atoms with Crippen LogP contribution in [0.4, 0.5) is 24.5 Å². The standard InChI is InChI=1S/C19H20BF3N2O3/c1-25(2)16-9-14(19(21,22)23)8-15(10-16)24-17(26)7-6-12-4-3-5-13-11-28-20(27)18(12)13/h3-5,8-10,27H,6-7,11H2,1-2H3,(H,24,26). The zero-order chi connectivity index (χ0) is 20.5. The number of carbonyl (C=O) groups is 1. The van der Waals surface area contributed by atoms with Gasteiger partial charge in [0.15, 0.2) is 0 Å². The Balaban J connectivity index is 1.72. The minimum Gasteiger partial charge on any atom is -0.423 e. The van der Waals surface area contributed by atoms with Crippen LogP contribution in [0, 0.1) is 0 Å². The number of anilines is 2. The minimum atomic E-state index is -4.51. The van der Waals surface area contributed by atoms with Crippen molar-refractivity contribution in [2.24, 2.45) is 0 Å². The number of amides is 1. The van der Waals surface area contributed by atoms with Crippen molar-refractivity contribution in [2.45, 2.75) is 25.6 Å². The van der Waals surface area contributed by atoms with E-state index in [-0.39, 0.29) is 12.1 Å².